The molecule has 0 aliphatic heterocycles. The maximum atomic E-state index is 13.1. The van der Waals surface area contributed by atoms with Gasteiger partial charge in [0, 0.05) is 24.5 Å². The molecule has 28 heavy (non-hydrogen) atoms. The zero-order chi connectivity index (χ0) is 19.8. The minimum absolute atomic E-state index is 0.0644. The maximum Gasteiger partial charge on any atom is 0.268 e. The minimum atomic E-state index is -0.453. The molecule has 6 heteroatoms. The predicted molar refractivity (Wildman–Crippen MR) is 104 cm³/mol. The number of carbonyl (C=O) groups excluding carboxylic acids is 2. The van der Waals surface area contributed by atoms with Crippen LogP contribution in [0.1, 0.15) is 21.5 Å². The number of aromatic nitrogens is 1. The smallest absolute Gasteiger partial charge is 0.268 e. The Bertz CT molecular complexity index is 972. The van der Waals surface area contributed by atoms with Gasteiger partial charge in [-0.3, -0.25) is 14.6 Å². The topological polar surface area (TPSA) is 71.1 Å². The second-order valence-electron chi connectivity index (χ2n) is 5.97. The summed E-state index contributed by atoms with van der Waals surface area (Å²) in [6.45, 7) is 0.281. The number of amides is 2. The second-order valence-corrected chi connectivity index (χ2v) is 5.97. The third kappa shape index (κ3) is 5.35. The zero-order valence-electron chi connectivity index (χ0n) is 14.9. The van der Waals surface area contributed by atoms with Gasteiger partial charge < -0.3 is 10.6 Å². The van der Waals surface area contributed by atoms with Crippen molar-refractivity contribution < 1.29 is 14.0 Å². The van der Waals surface area contributed by atoms with Crippen molar-refractivity contribution in [2.24, 2.45) is 0 Å². The lowest BCUT2D eigenvalue weighted by atomic mass is 10.1. The van der Waals surface area contributed by atoms with Gasteiger partial charge in [0.1, 0.15) is 11.5 Å². The molecule has 2 aromatic carbocycles. The number of nitrogens with one attached hydrogen (secondary N) is 2. The zero-order valence-corrected chi connectivity index (χ0v) is 14.9. The molecule has 0 aliphatic rings. The van der Waals surface area contributed by atoms with Gasteiger partial charge in [-0.05, 0) is 53.6 Å². The van der Waals surface area contributed by atoms with E-state index in [-0.39, 0.29) is 18.1 Å². The largest absolute Gasteiger partial charge is 0.347 e. The number of hydrogen-bond donors (Lipinski definition) is 2. The molecule has 140 valence electrons. The summed E-state index contributed by atoms with van der Waals surface area (Å²) in [4.78, 5) is 29.1. The van der Waals surface area contributed by atoms with Crippen molar-refractivity contribution >= 4 is 17.9 Å². The number of pyridine rings is 1. The molecule has 2 N–H and O–H groups in total. The summed E-state index contributed by atoms with van der Waals surface area (Å²) < 4.78 is 13.1. The fourth-order valence-electron chi connectivity index (χ4n) is 2.45. The Hall–Kier alpha value is -3.80. The molecule has 3 aromatic rings. The highest BCUT2D eigenvalue weighted by Crippen LogP contribution is 2.09. The van der Waals surface area contributed by atoms with Gasteiger partial charge in [0.2, 0.25) is 0 Å². The Kier molecular flexibility index (Phi) is 6.25. The van der Waals surface area contributed by atoms with E-state index in [1.54, 1.807) is 54.9 Å². The molecular weight excluding hydrogens is 357 g/mol. The average Bonchev–Trinajstić information content (AvgIpc) is 2.74. The number of rotatable bonds is 6. The highest BCUT2D eigenvalue weighted by molar-refractivity contribution is 6.05. The Morgan fingerprint density at radius 1 is 0.929 bits per heavy atom. The monoisotopic (exact) mass is 375 g/mol. The van der Waals surface area contributed by atoms with Crippen LogP contribution in [0.15, 0.2) is 84.8 Å². The number of carbonyl (C=O) groups is 2. The van der Waals surface area contributed by atoms with Crippen LogP contribution in [0, 0.1) is 5.82 Å². The van der Waals surface area contributed by atoms with Crippen LogP contribution in [-0.2, 0) is 11.3 Å². The summed E-state index contributed by atoms with van der Waals surface area (Å²) in [6, 6.07) is 17.8. The third-order valence-corrected chi connectivity index (χ3v) is 3.91. The van der Waals surface area contributed by atoms with Gasteiger partial charge in [-0.15, -0.1) is 0 Å². The third-order valence-electron chi connectivity index (χ3n) is 3.91. The molecule has 0 spiro atoms. The van der Waals surface area contributed by atoms with Crippen LogP contribution in [0.3, 0.4) is 0 Å². The molecule has 1 aromatic heterocycles. The van der Waals surface area contributed by atoms with E-state index in [1.165, 1.54) is 30.3 Å². The Balaban J connectivity index is 1.80. The molecule has 0 atom stereocenters. The maximum absolute atomic E-state index is 13.1. The summed E-state index contributed by atoms with van der Waals surface area (Å²) in [5.74, 6) is -1.24. The molecular formula is C22H18FN3O2. The number of hydrogen-bond acceptors (Lipinski definition) is 3. The highest BCUT2D eigenvalue weighted by Gasteiger charge is 2.14. The van der Waals surface area contributed by atoms with E-state index < -0.39 is 11.8 Å². The number of halogens is 1. The van der Waals surface area contributed by atoms with E-state index in [4.69, 9.17) is 0 Å². The Morgan fingerprint density at radius 2 is 1.61 bits per heavy atom. The molecule has 3 rings (SSSR count). The summed E-state index contributed by atoms with van der Waals surface area (Å²) in [6.07, 6.45) is 4.77. The second kappa shape index (κ2) is 9.23. The van der Waals surface area contributed by atoms with Gasteiger partial charge in [0.05, 0.1) is 0 Å². The summed E-state index contributed by atoms with van der Waals surface area (Å²) in [5.41, 5.74) is 1.95. The lowest BCUT2D eigenvalue weighted by molar-refractivity contribution is -0.117. The van der Waals surface area contributed by atoms with Crippen molar-refractivity contribution in [3.8, 4) is 0 Å². The molecule has 0 saturated heterocycles. The van der Waals surface area contributed by atoms with Crippen molar-refractivity contribution in [3.05, 3.63) is 107 Å². The van der Waals surface area contributed by atoms with Crippen molar-refractivity contribution in [1.82, 2.24) is 15.6 Å². The van der Waals surface area contributed by atoms with E-state index in [9.17, 15) is 14.0 Å². The molecule has 0 unspecified atom stereocenters. The highest BCUT2D eigenvalue weighted by atomic mass is 19.1. The fourth-order valence-corrected chi connectivity index (χ4v) is 2.45. The normalized spacial score (nSPS) is 11.0. The molecule has 5 nitrogen and oxygen atoms in total. The molecule has 1 heterocycles. The van der Waals surface area contributed by atoms with E-state index >= 15 is 0 Å². The quantitative estimate of drug-likeness (QED) is 0.650. The molecule has 0 bridgehead atoms. The summed E-state index contributed by atoms with van der Waals surface area (Å²) >= 11 is 0. The minimum Gasteiger partial charge on any atom is -0.347 e. The van der Waals surface area contributed by atoms with Gasteiger partial charge in [-0.1, -0.05) is 30.3 Å². The van der Waals surface area contributed by atoms with Crippen molar-refractivity contribution in [2.45, 2.75) is 6.54 Å². The van der Waals surface area contributed by atoms with E-state index in [0.29, 0.717) is 11.1 Å². The number of benzene rings is 2. The number of nitrogens with zero attached hydrogens (tertiary/aromatic N) is 1. The van der Waals surface area contributed by atoms with Crippen molar-refractivity contribution in [2.75, 3.05) is 0 Å². The van der Waals surface area contributed by atoms with Crippen LogP contribution in [0.25, 0.3) is 6.08 Å². The first-order valence-electron chi connectivity index (χ1n) is 8.62. The molecule has 0 fully saturated rings. The van der Waals surface area contributed by atoms with Gasteiger partial charge >= 0.3 is 0 Å². The summed E-state index contributed by atoms with van der Waals surface area (Å²) in [7, 11) is 0. The van der Waals surface area contributed by atoms with Gasteiger partial charge in [0.15, 0.2) is 0 Å². The van der Waals surface area contributed by atoms with Crippen LogP contribution >= 0.6 is 0 Å². The molecule has 0 radical (unpaired) electrons. The Morgan fingerprint density at radius 3 is 2.29 bits per heavy atom. The Labute approximate surface area is 161 Å². The SMILES string of the molecule is O=C(NCc1ccncc1)/C(=C/c1ccc(F)cc1)NC(=O)c1ccccc1. The predicted octanol–water partition coefficient (Wildman–Crippen LogP) is 3.31. The van der Waals surface area contributed by atoms with Crippen LogP contribution in [0.5, 0.6) is 0 Å². The first kappa shape index (κ1) is 19.0. The van der Waals surface area contributed by atoms with Crippen LogP contribution in [0.2, 0.25) is 0 Å². The van der Waals surface area contributed by atoms with Crippen LogP contribution in [0.4, 0.5) is 4.39 Å². The van der Waals surface area contributed by atoms with Gasteiger partial charge in [0.25, 0.3) is 11.8 Å². The van der Waals surface area contributed by atoms with Crippen molar-refractivity contribution in [1.29, 1.82) is 0 Å². The summed E-state index contributed by atoms with van der Waals surface area (Å²) in [5, 5.41) is 5.40. The van der Waals surface area contributed by atoms with E-state index in [0.717, 1.165) is 5.56 Å². The average molecular weight is 375 g/mol. The van der Waals surface area contributed by atoms with Crippen LogP contribution in [-0.4, -0.2) is 16.8 Å². The first-order valence-corrected chi connectivity index (χ1v) is 8.62. The van der Waals surface area contributed by atoms with Crippen LogP contribution < -0.4 is 10.6 Å². The van der Waals surface area contributed by atoms with Crippen molar-refractivity contribution in [3.63, 3.8) is 0 Å². The standard InChI is InChI=1S/C22H18FN3O2/c23-19-8-6-16(7-9-19)14-20(26-21(27)18-4-2-1-3-5-18)22(28)25-15-17-10-12-24-13-11-17/h1-14H,15H2,(H,25,28)(H,26,27)/b20-14-. The fraction of sp³-hybridized carbons (Fsp3) is 0.0455. The molecule has 2 amide bonds. The molecule has 0 aliphatic carbocycles. The lowest BCUT2D eigenvalue weighted by Gasteiger charge is -2.11. The van der Waals surface area contributed by atoms with E-state index in [2.05, 4.69) is 15.6 Å². The van der Waals surface area contributed by atoms with Gasteiger partial charge in [-0.2, -0.15) is 0 Å². The lowest BCUT2D eigenvalue weighted by Crippen LogP contribution is -2.34. The van der Waals surface area contributed by atoms with E-state index in [1.807, 2.05) is 0 Å². The first-order chi connectivity index (χ1) is 13.6. The molecule has 0 saturated carbocycles. The van der Waals surface area contributed by atoms with Gasteiger partial charge in [-0.25, -0.2) is 4.39 Å².